The first-order valence-electron chi connectivity index (χ1n) is 9.70. The average Bonchev–Trinajstić information content (AvgIpc) is 2.66. The van der Waals surface area contributed by atoms with E-state index in [4.69, 9.17) is 9.73 Å². The minimum absolute atomic E-state index is 0. The molecule has 3 atom stereocenters. The molecule has 1 heterocycles. The molecule has 1 aliphatic rings. The summed E-state index contributed by atoms with van der Waals surface area (Å²) in [6, 6.07) is 10.6. The molecular formula is C20H35IN4O2. The lowest BCUT2D eigenvalue weighted by Gasteiger charge is -2.37. The van der Waals surface area contributed by atoms with Crippen LogP contribution >= 0.6 is 24.0 Å². The van der Waals surface area contributed by atoms with Crippen molar-refractivity contribution in [1.29, 1.82) is 0 Å². The lowest BCUT2D eigenvalue weighted by molar-refractivity contribution is -0.0165. The van der Waals surface area contributed by atoms with Crippen molar-refractivity contribution in [3.05, 3.63) is 35.9 Å². The van der Waals surface area contributed by atoms with Crippen LogP contribution in [0.1, 0.15) is 38.9 Å². The van der Waals surface area contributed by atoms with Gasteiger partial charge in [0.05, 0.1) is 25.9 Å². The van der Waals surface area contributed by atoms with E-state index in [1.807, 2.05) is 30.3 Å². The van der Waals surface area contributed by atoms with Gasteiger partial charge in [0.2, 0.25) is 0 Å². The van der Waals surface area contributed by atoms with Gasteiger partial charge < -0.3 is 20.5 Å². The summed E-state index contributed by atoms with van der Waals surface area (Å²) in [5.41, 5.74) is 0.950. The zero-order valence-electron chi connectivity index (χ0n) is 16.7. The molecule has 0 aromatic heterocycles. The number of aliphatic hydroxyl groups excluding tert-OH is 1. The number of rotatable bonds is 8. The summed E-state index contributed by atoms with van der Waals surface area (Å²) in [4.78, 5) is 7.18. The van der Waals surface area contributed by atoms with E-state index in [9.17, 15) is 5.11 Å². The van der Waals surface area contributed by atoms with Crippen LogP contribution in [0.5, 0.6) is 0 Å². The van der Waals surface area contributed by atoms with Crippen LogP contribution in [0.4, 0.5) is 0 Å². The zero-order valence-corrected chi connectivity index (χ0v) is 19.1. The molecule has 0 aliphatic carbocycles. The molecule has 1 fully saturated rings. The Bertz CT molecular complexity index is 544. The number of guanidine groups is 1. The van der Waals surface area contributed by atoms with E-state index in [0.717, 1.165) is 44.4 Å². The number of hydrogen-bond donors (Lipinski definition) is 3. The van der Waals surface area contributed by atoms with Gasteiger partial charge in [-0.15, -0.1) is 24.0 Å². The Morgan fingerprint density at radius 2 is 2.07 bits per heavy atom. The molecule has 6 nitrogen and oxygen atoms in total. The van der Waals surface area contributed by atoms with Crippen molar-refractivity contribution in [2.24, 2.45) is 4.99 Å². The SMILES string of the molecule is CCNC(=NCC(C)N1CCOCC1C)NCCC(O)c1ccccc1.I. The number of benzene rings is 1. The number of nitrogens with one attached hydrogen (secondary N) is 2. The second-order valence-corrected chi connectivity index (χ2v) is 6.87. The van der Waals surface area contributed by atoms with Gasteiger partial charge in [0, 0.05) is 31.7 Å². The summed E-state index contributed by atoms with van der Waals surface area (Å²) in [6.45, 7) is 11.3. The summed E-state index contributed by atoms with van der Waals surface area (Å²) in [7, 11) is 0. The quantitative estimate of drug-likeness (QED) is 0.297. The monoisotopic (exact) mass is 490 g/mol. The number of aliphatic hydroxyl groups is 1. The molecule has 3 N–H and O–H groups in total. The fourth-order valence-electron chi connectivity index (χ4n) is 3.23. The van der Waals surface area contributed by atoms with Crippen LogP contribution in [0.2, 0.25) is 0 Å². The minimum Gasteiger partial charge on any atom is -0.388 e. The Hall–Kier alpha value is -0.900. The van der Waals surface area contributed by atoms with Crippen molar-refractivity contribution in [3.8, 4) is 0 Å². The smallest absolute Gasteiger partial charge is 0.191 e. The Morgan fingerprint density at radius 3 is 2.74 bits per heavy atom. The highest BCUT2D eigenvalue weighted by Crippen LogP contribution is 2.15. The third-order valence-corrected chi connectivity index (χ3v) is 4.74. The largest absolute Gasteiger partial charge is 0.388 e. The van der Waals surface area contributed by atoms with Gasteiger partial charge >= 0.3 is 0 Å². The summed E-state index contributed by atoms with van der Waals surface area (Å²) >= 11 is 0. The fraction of sp³-hybridized carbons (Fsp3) is 0.650. The third-order valence-electron chi connectivity index (χ3n) is 4.74. The van der Waals surface area contributed by atoms with Crippen molar-refractivity contribution in [2.45, 2.75) is 45.4 Å². The molecule has 0 radical (unpaired) electrons. The molecule has 7 heteroatoms. The summed E-state index contributed by atoms with van der Waals surface area (Å²) in [5, 5.41) is 16.9. The second-order valence-electron chi connectivity index (χ2n) is 6.87. The van der Waals surface area contributed by atoms with Crippen LogP contribution < -0.4 is 10.6 Å². The minimum atomic E-state index is -0.459. The molecule has 154 valence electrons. The van der Waals surface area contributed by atoms with Gasteiger partial charge in [-0.05, 0) is 32.8 Å². The Kier molecular flexibility index (Phi) is 11.9. The highest BCUT2D eigenvalue weighted by Gasteiger charge is 2.23. The van der Waals surface area contributed by atoms with Crippen LogP contribution in [0, 0.1) is 0 Å². The van der Waals surface area contributed by atoms with Crippen LogP contribution in [0.3, 0.4) is 0 Å². The standard InChI is InChI=1S/C20H34N4O2.HI/c1-4-21-20(22-11-10-19(25)18-8-6-5-7-9-18)23-14-16(2)24-12-13-26-15-17(24)3;/h5-9,16-17,19,25H,4,10-15H2,1-3H3,(H2,21,22,23);1H. The fourth-order valence-corrected chi connectivity index (χ4v) is 3.23. The molecule has 0 amide bonds. The molecule has 0 bridgehead atoms. The van der Waals surface area contributed by atoms with Crippen LogP contribution in [-0.4, -0.2) is 67.4 Å². The van der Waals surface area contributed by atoms with Gasteiger partial charge in [-0.2, -0.15) is 0 Å². The van der Waals surface area contributed by atoms with E-state index in [0.29, 0.717) is 25.0 Å². The first-order valence-corrected chi connectivity index (χ1v) is 9.70. The van der Waals surface area contributed by atoms with Gasteiger partial charge in [0.15, 0.2) is 5.96 Å². The highest BCUT2D eigenvalue weighted by molar-refractivity contribution is 14.0. The maximum atomic E-state index is 10.3. The second kappa shape index (κ2) is 13.3. The van der Waals surface area contributed by atoms with Crippen molar-refractivity contribution in [1.82, 2.24) is 15.5 Å². The number of nitrogens with zero attached hydrogens (tertiary/aromatic N) is 2. The lowest BCUT2D eigenvalue weighted by Crippen LogP contribution is -2.49. The Labute approximate surface area is 180 Å². The van der Waals surface area contributed by atoms with Crippen molar-refractivity contribution >= 4 is 29.9 Å². The van der Waals surface area contributed by atoms with Crippen molar-refractivity contribution in [3.63, 3.8) is 0 Å². The predicted octanol–water partition coefficient (Wildman–Crippen LogP) is 2.39. The van der Waals surface area contributed by atoms with Gasteiger partial charge in [-0.1, -0.05) is 30.3 Å². The molecule has 1 aliphatic heterocycles. The normalized spacial score (nSPS) is 20.4. The predicted molar refractivity (Wildman–Crippen MR) is 122 cm³/mol. The molecule has 1 saturated heterocycles. The molecule has 1 aromatic rings. The van der Waals surface area contributed by atoms with Gasteiger partial charge in [0.1, 0.15) is 0 Å². The molecule has 1 aromatic carbocycles. The van der Waals surface area contributed by atoms with Gasteiger partial charge in [-0.25, -0.2) is 0 Å². The molecule has 2 rings (SSSR count). The van der Waals surface area contributed by atoms with E-state index in [-0.39, 0.29) is 24.0 Å². The lowest BCUT2D eigenvalue weighted by atomic mass is 10.1. The number of ether oxygens (including phenoxy) is 1. The topological polar surface area (TPSA) is 69.1 Å². The zero-order chi connectivity index (χ0) is 18.8. The molecule has 0 spiro atoms. The van der Waals surface area contributed by atoms with E-state index >= 15 is 0 Å². The van der Waals surface area contributed by atoms with Crippen molar-refractivity contribution < 1.29 is 9.84 Å². The van der Waals surface area contributed by atoms with Crippen LogP contribution in [0.15, 0.2) is 35.3 Å². The van der Waals surface area contributed by atoms with Gasteiger partial charge in [-0.3, -0.25) is 9.89 Å². The van der Waals surface area contributed by atoms with Gasteiger partial charge in [0.25, 0.3) is 0 Å². The summed E-state index contributed by atoms with van der Waals surface area (Å²) < 4.78 is 5.51. The molecular weight excluding hydrogens is 455 g/mol. The number of halogens is 1. The highest BCUT2D eigenvalue weighted by atomic mass is 127. The molecule has 27 heavy (non-hydrogen) atoms. The number of aliphatic imine (C=N–C) groups is 1. The Morgan fingerprint density at radius 1 is 1.33 bits per heavy atom. The number of hydrogen-bond acceptors (Lipinski definition) is 4. The van der Waals surface area contributed by atoms with E-state index in [1.54, 1.807) is 0 Å². The molecule has 3 unspecified atom stereocenters. The summed E-state index contributed by atoms with van der Waals surface area (Å²) in [6.07, 6.45) is 0.185. The van der Waals surface area contributed by atoms with E-state index in [1.165, 1.54) is 0 Å². The van der Waals surface area contributed by atoms with Crippen molar-refractivity contribution in [2.75, 3.05) is 39.4 Å². The summed E-state index contributed by atoms with van der Waals surface area (Å²) in [5.74, 6) is 0.806. The Balaban J connectivity index is 0.00000364. The average molecular weight is 490 g/mol. The third kappa shape index (κ3) is 8.33. The van der Waals surface area contributed by atoms with Crippen LogP contribution in [-0.2, 0) is 4.74 Å². The maximum Gasteiger partial charge on any atom is 0.191 e. The van der Waals surface area contributed by atoms with E-state index < -0.39 is 6.10 Å². The molecule has 0 saturated carbocycles. The number of morpholine rings is 1. The van der Waals surface area contributed by atoms with E-state index in [2.05, 4.69) is 36.3 Å². The first kappa shape index (κ1) is 24.1. The van der Waals surface area contributed by atoms with Crippen LogP contribution in [0.25, 0.3) is 0 Å². The maximum absolute atomic E-state index is 10.3. The first-order chi connectivity index (χ1) is 12.6.